The van der Waals surface area contributed by atoms with Crippen molar-refractivity contribution in [1.82, 2.24) is 4.90 Å². The van der Waals surface area contributed by atoms with Gasteiger partial charge in [-0.25, -0.2) is 0 Å². The van der Waals surface area contributed by atoms with Crippen LogP contribution in [0.3, 0.4) is 0 Å². The van der Waals surface area contributed by atoms with Crippen LogP contribution in [0.2, 0.25) is 0 Å². The van der Waals surface area contributed by atoms with Crippen molar-refractivity contribution in [3.8, 4) is 0 Å². The minimum absolute atomic E-state index is 0.375. The molecule has 0 aromatic rings. The van der Waals surface area contributed by atoms with Gasteiger partial charge in [-0.05, 0) is 46.2 Å². The highest BCUT2D eigenvalue weighted by molar-refractivity contribution is 4.75. The van der Waals surface area contributed by atoms with Crippen LogP contribution in [0.25, 0.3) is 0 Å². The molecule has 0 spiro atoms. The fourth-order valence-corrected chi connectivity index (χ4v) is 1.96. The SMILES string of the molecule is CC(N)CCC1CCCCN1C. The van der Waals surface area contributed by atoms with Crippen LogP contribution in [0.4, 0.5) is 0 Å². The van der Waals surface area contributed by atoms with Crippen molar-refractivity contribution in [3.63, 3.8) is 0 Å². The fourth-order valence-electron chi connectivity index (χ4n) is 1.96. The van der Waals surface area contributed by atoms with Gasteiger partial charge in [-0.2, -0.15) is 0 Å². The number of hydrogen-bond donors (Lipinski definition) is 1. The molecule has 0 radical (unpaired) electrons. The first kappa shape index (κ1) is 10.0. The molecule has 0 bridgehead atoms. The molecule has 0 aromatic carbocycles. The van der Waals surface area contributed by atoms with E-state index >= 15 is 0 Å². The van der Waals surface area contributed by atoms with Gasteiger partial charge in [0.15, 0.2) is 0 Å². The van der Waals surface area contributed by atoms with Crippen molar-refractivity contribution in [2.75, 3.05) is 13.6 Å². The number of piperidine rings is 1. The molecule has 72 valence electrons. The third-order valence-corrected chi connectivity index (χ3v) is 2.88. The second kappa shape index (κ2) is 4.83. The molecule has 12 heavy (non-hydrogen) atoms. The number of likely N-dealkylation sites (tertiary alicyclic amines) is 1. The molecule has 1 rings (SSSR count). The summed E-state index contributed by atoms with van der Waals surface area (Å²) in [7, 11) is 2.24. The van der Waals surface area contributed by atoms with Crippen LogP contribution in [0.5, 0.6) is 0 Å². The van der Waals surface area contributed by atoms with E-state index in [0.717, 1.165) is 6.04 Å². The number of hydrogen-bond acceptors (Lipinski definition) is 2. The molecular formula is C10H22N2. The van der Waals surface area contributed by atoms with E-state index < -0.39 is 0 Å². The van der Waals surface area contributed by atoms with Crippen LogP contribution in [-0.2, 0) is 0 Å². The highest BCUT2D eigenvalue weighted by Crippen LogP contribution is 2.19. The molecule has 0 aliphatic carbocycles. The summed E-state index contributed by atoms with van der Waals surface area (Å²) in [5.41, 5.74) is 5.74. The maximum Gasteiger partial charge on any atom is 0.00927 e. The van der Waals surface area contributed by atoms with Crippen molar-refractivity contribution in [3.05, 3.63) is 0 Å². The van der Waals surface area contributed by atoms with Gasteiger partial charge in [0.05, 0.1) is 0 Å². The molecule has 1 heterocycles. The topological polar surface area (TPSA) is 29.3 Å². The second-order valence-corrected chi connectivity index (χ2v) is 4.18. The zero-order valence-electron chi connectivity index (χ0n) is 8.42. The largest absolute Gasteiger partial charge is 0.328 e. The average Bonchev–Trinajstić information content (AvgIpc) is 2.03. The maximum absolute atomic E-state index is 5.74. The highest BCUT2D eigenvalue weighted by atomic mass is 15.1. The predicted molar refractivity (Wildman–Crippen MR) is 53.2 cm³/mol. The minimum atomic E-state index is 0.375. The van der Waals surface area contributed by atoms with Crippen LogP contribution in [0, 0.1) is 0 Å². The normalized spacial score (nSPS) is 28.8. The Morgan fingerprint density at radius 1 is 1.50 bits per heavy atom. The lowest BCUT2D eigenvalue weighted by Gasteiger charge is -2.32. The van der Waals surface area contributed by atoms with Gasteiger partial charge in [-0.15, -0.1) is 0 Å². The second-order valence-electron chi connectivity index (χ2n) is 4.18. The average molecular weight is 170 g/mol. The summed E-state index contributed by atoms with van der Waals surface area (Å²) < 4.78 is 0. The summed E-state index contributed by atoms with van der Waals surface area (Å²) in [6.45, 7) is 3.38. The first-order valence-corrected chi connectivity index (χ1v) is 5.16. The van der Waals surface area contributed by atoms with Gasteiger partial charge < -0.3 is 10.6 Å². The van der Waals surface area contributed by atoms with Crippen molar-refractivity contribution in [1.29, 1.82) is 0 Å². The molecule has 2 unspecified atom stereocenters. The molecule has 1 fully saturated rings. The summed E-state index contributed by atoms with van der Waals surface area (Å²) in [5.74, 6) is 0. The van der Waals surface area contributed by atoms with E-state index in [1.54, 1.807) is 0 Å². The Bertz CT molecular complexity index is 123. The molecule has 2 N–H and O–H groups in total. The fraction of sp³-hybridized carbons (Fsp3) is 1.00. The van der Waals surface area contributed by atoms with Crippen LogP contribution in [0.15, 0.2) is 0 Å². The minimum Gasteiger partial charge on any atom is -0.328 e. The third kappa shape index (κ3) is 3.11. The summed E-state index contributed by atoms with van der Waals surface area (Å²) in [6.07, 6.45) is 6.63. The zero-order valence-corrected chi connectivity index (χ0v) is 8.42. The lowest BCUT2D eigenvalue weighted by Crippen LogP contribution is -2.37. The predicted octanol–water partition coefficient (Wildman–Crippen LogP) is 1.60. The van der Waals surface area contributed by atoms with E-state index in [4.69, 9.17) is 5.73 Å². The first-order chi connectivity index (χ1) is 5.70. The van der Waals surface area contributed by atoms with Gasteiger partial charge in [-0.1, -0.05) is 6.42 Å². The Labute approximate surface area is 76.1 Å². The van der Waals surface area contributed by atoms with Gasteiger partial charge in [0.2, 0.25) is 0 Å². The molecule has 1 saturated heterocycles. The molecule has 0 saturated carbocycles. The van der Waals surface area contributed by atoms with E-state index in [9.17, 15) is 0 Å². The van der Waals surface area contributed by atoms with Crippen LogP contribution in [-0.4, -0.2) is 30.6 Å². The van der Waals surface area contributed by atoms with E-state index in [0.29, 0.717) is 6.04 Å². The zero-order chi connectivity index (χ0) is 8.97. The smallest absolute Gasteiger partial charge is 0.00927 e. The molecule has 0 amide bonds. The van der Waals surface area contributed by atoms with E-state index in [2.05, 4.69) is 18.9 Å². The molecule has 2 nitrogen and oxygen atoms in total. The van der Waals surface area contributed by atoms with Gasteiger partial charge >= 0.3 is 0 Å². The Morgan fingerprint density at radius 2 is 2.25 bits per heavy atom. The lowest BCUT2D eigenvalue weighted by molar-refractivity contribution is 0.172. The van der Waals surface area contributed by atoms with Crippen LogP contribution >= 0.6 is 0 Å². The highest BCUT2D eigenvalue weighted by Gasteiger charge is 2.18. The van der Waals surface area contributed by atoms with E-state index in [1.165, 1.54) is 38.6 Å². The Balaban J connectivity index is 2.20. The summed E-state index contributed by atoms with van der Waals surface area (Å²) in [4.78, 5) is 2.49. The standard InChI is InChI=1S/C10H22N2/c1-9(11)6-7-10-5-3-4-8-12(10)2/h9-10H,3-8,11H2,1-2H3. The number of nitrogens with zero attached hydrogens (tertiary/aromatic N) is 1. The van der Waals surface area contributed by atoms with Gasteiger partial charge in [-0.3, -0.25) is 0 Å². The van der Waals surface area contributed by atoms with E-state index in [1.807, 2.05) is 0 Å². The van der Waals surface area contributed by atoms with Gasteiger partial charge in [0, 0.05) is 12.1 Å². The third-order valence-electron chi connectivity index (χ3n) is 2.88. The molecule has 1 aliphatic heterocycles. The van der Waals surface area contributed by atoms with Crippen LogP contribution in [0.1, 0.15) is 39.0 Å². The lowest BCUT2D eigenvalue weighted by atomic mass is 9.97. The van der Waals surface area contributed by atoms with Crippen molar-refractivity contribution < 1.29 is 0 Å². The molecule has 0 aromatic heterocycles. The molecular weight excluding hydrogens is 148 g/mol. The molecule has 2 heteroatoms. The van der Waals surface area contributed by atoms with Gasteiger partial charge in [0.25, 0.3) is 0 Å². The van der Waals surface area contributed by atoms with Crippen molar-refractivity contribution >= 4 is 0 Å². The Hall–Kier alpha value is -0.0800. The maximum atomic E-state index is 5.74. The quantitative estimate of drug-likeness (QED) is 0.697. The van der Waals surface area contributed by atoms with Gasteiger partial charge in [0.1, 0.15) is 0 Å². The van der Waals surface area contributed by atoms with Crippen molar-refractivity contribution in [2.24, 2.45) is 5.73 Å². The molecule has 1 aliphatic rings. The van der Waals surface area contributed by atoms with Crippen molar-refractivity contribution in [2.45, 2.75) is 51.1 Å². The Kier molecular flexibility index (Phi) is 4.02. The van der Waals surface area contributed by atoms with Crippen LogP contribution < -0.4 is 5.73 Å². The first-order valence-electron chi connectivity index (χ1n) is 5.16. The summed E-state index contributed by atoms with van der Waals surface area (Å²) in [6, 6.07) is 1.19. The van der Waals surface area contributed by atoms with E-state index in [-0.39, 0.29) is 0 Å². The Morgan fingerprint density at radius 3 is 2.83 bits per heavy atom. The summed E-state index contributed by atoms with van der Waals surface area (Å²) in [5, 5.41) is 0. The monoisotopic (exact) mass is 170 g/mol. The number of nitrogens with two attached hydrogens (primary N) is 1. The number of rotatable bonds is 3. The summed E-state index contributed by atoms with van der Waals surface area (Å²) >= 11 is 0. The molecule has 2 atom stereocenters.